The van der Waals surface area contributed by atoms with E-state index >= 15 is 0 Å². The molecule has 4 nitrogen and oxygen atoms in total. The molecular formula is C17H18N4. The van der Waals surface area contributed by atoms with Crippen molar-refractivity contribution in [3.05, 3.63) is 48.4 Å². The first-order chi connectivity index (χ1) is 10.3. The molecule has 2 heterocycles. The van der Waals surface area contributed by atoms with Crippen LogP contribution in [-0.2, 0) is 0 Å². The van der Waals surface area contributed by atoms with Crippen LogP contribution in [0.15, 0.2) is 42.7 Å². The predicted octanol–water partition coefficient (Wildman–Crippen LogP) is 3.82. The number of hydrogen-bond donors (Lipinski definition) is 1. The summed E-state index contributed by atoms with van der Waals surface area (Å²) in [5.74, 6) is 0.832. The van der Waals surface area contributed by atoms with E-state index < -0.39 is 0 Å². The van der Waals surface area contributed by atoms with E-state index in [4.69, 9.17) is 0 Å². The molecule has 0 amide bonds. The Morgan fingerprint density at radius 3 is 2.76 bits per heavy atom. The first kappa shape index (κ1) is 13.5. The molecule has 0 atom stereocenters. The normalized spacial score (nSPS) is 10.8. The molecule has 3 aromatic rings. The highest BCUT2D eigenvalue weighted by Gasteiger charge is 2.08. The van der Waals surface area contributed by atoms with Crippen LogP contribution in [0.3, 0.4) is 0 Å². The average molecular weight is 278 g/mol. The van der Waals surface area contributed by atoms with Gasteiger partial charge in [-0.25, -0.2) is 4.98 Å². The Morgan fingerprint density at radius 1 is 1.05 bits per heavy atom. The number of benzene rings is 1. The van der Waals surface area contributed by atoms with Gasteiger partial charge in [-0.15, -0.1) is 0 Å². The lowest BCUT2D eigenvalue weighted by atomic mass is 10.1. The first-order valence-corrected chi connectivity index (χ1v) is 7.20. The van der Waals surface area contributed by atoms with E-state index in [1.807, 2.05) is 19.1 Å². The number of pyridine rings is 1. The zero-order valence-electron chi connectivity index (χ0n) is 12.3. The van der Waals surface area contributed by atoms with Crippen LogP contribution in [0.4, 0.5) is 5.82 Å². The number of rotatable bonds is 4. The van der Waals surface area contributed by atoms with E-state index in [-0.39, 0.29) is 0 Å². The molecule has 21 heavy (non-hydrogen) atoms. The van der Waals surface area contributed by atoms with Crippen molar-refractivity contribution in [2.24, 2.45) is 0 Å². The van der Waals surface area contributed by atoms with Crippen molar-refractivity contribution in [1.82, 2.24) is 15.0 Å². The number of fused-ring (bicyclic) bond motifs is 1. The second kappa shape index (κ2) is 5.87. The van der Waals surface area contributed by atoms with E-state index in [0.29, 0.717) is 0 Å². The molecule has 0 aliphatic heterocycles. The molecule has 0 radical (unpaired) electrons. The van der Waals surface area contributed by atoms with Crippen molar-refractivity contribution in [3.63, 3.8) is 0 Å². The highest BCUT2D eigenvalue weighted by molar-refractivity contribution is 5.85. The summed E-state index contributed by atoms with van der Waals surface area (Å²) < 4.78 is 0. The molecule has 0 saturated heterocycles. The van der Waals surface area contributed by atoms with Crippen LogP contribution in [-0.4, -0.2) is 21.5 Å². The molecule has 0 unspecified atom stereocenters. The molecule has 1 N–H and O–H groups in total. The maximum absolute atomic E-state index is 4.53. The molecule has 0 saturated carbocycles. The van der Waals surface area contributed by atoms with Crippen molar-refractivity contribution in [2.45, 2.75) is 20.3 Å². The third-order valence-electron chi connectivity index (χ3n) is 3.34. The Hall–Kier alpha value is -2.49. The third-order valence-corrected chi connectivity index (χ3v) is 3.34. The Labute approximate surface area is 124 Å². The molecule has 1 aromatic carbocycles. The number of aryl methyl sites for hydroxylation is 1. The SMILES string of the molecule is CCCNc1nccnc1-c1ccc2nc(C)ccc2c1. The summed E-state index contributed by atoms with van der Waals surface area (Å²) in [6, 6.07) is 10.3. The van der Waals surface area contributed by atoms with Gasteiger partial charge in [-0.1, -0.05) is 19.1 Å². The third kappa shape index (κ3) is 2.84. The molecule has 0 bridgehead atoms. The van der Waals surface area contributed by atoms with E-state index in [2.05, 4.69) is 45.4 Å². The van der Waals surface area contributed by atoms with Gasteiger partial charge in [0.15, 0.2) is 5.82 Å². The topological polar surface area (TPSA) is 50.7 Å². The number of nitrogens with zero attached hydrogens (tertiary/aromatic N) is 3. The lowest BCUT2D eigenvalue weighted by Gasteiger charge is -2.10. The minimum atomic E-state index is 0.832. The molecular weight excluding hydrogens is 260 g/mol. The number of anilines is 1. The number of nitrogens with one attached hydrogen (secondary N) is 1. The molecule has 0 spiro atoms. The van der Waals surface area contributed by atoms with Gasteiger partial charge < -0.3 is 5.32 Å². The molecule has 2 aromatic heterocycles. The van der Waals surface area contributed by atoms with Crippen LogP contribution in [0.25, 0.3) is 22.2 Å². The van der Waals surface area contributed by atoms with E-state index in [1.54, 1.807) is 12.4 Å². The fourth-order valence-corrected chi connectivity index (χ4v) is 2.30. The Kier molecular flexibility index (Phi) is 3.77. The highest BCUT2D eigenvalue weighted by atomic mass is 15.0. The fraction of sp³-hybridized carbons (Fsp3) is 0.235. The van der Waals surface area contributed by atoms with E-state index in [1.165, 1.54) is 0 Å². The zero-order valence-corrected chi connectivity index (χ0v) is 12.3. The first-order valence-electron chi connectivity index (χ1n) is 7.20. The molecule has 0 aliphatic carbocycles. The predicted molar refractivity (Wildman–Crippen MR) is 86.3 cm³/mol. The van der Waals surface area contributed by atoms with Gasteiger partial charge in [0.2, 0.25) is 0 Å². The van der Waals surface area contributed by atoms with Crippen molar-refractivity contribution < 1.29 is 0 Å². The van der Waals surface area contributed by atoms with Crippen LogP contribution < -0.4 is 5.32 Å². The fourth-order valence-electron chi connectivity index (χ4n) is 2.30. The van der Waals surface area contributed by atoms with E-state index in [9.17, 15) is 0 Å². The second-order valence-electron chi connectivity index (χ2n) is 5.04. The lowest BCUT2D eigenvalue weighted by molar-refractivity contribution is 0.966. The van der Waals surface area contributed by atoms with Gasteiger partial charge in [-0.2, -0.15) is 0 Å². The monoisotopic (exact) mass is 278 g/mol. The van der Waals surface area contributed by atoms with Crippen LogP contribution in [0.1, 0.15) is 19.0 Å². The largest absolute Gasteiger partial charge is 0.368 e. The summed E-state index contributed by atoms with van der Waals surface area (Å²) in [5.41, 5.74) is 3.97. The summed E-state index contributed by atoms with van der Waals surface area (Å²) in [4.78, 5) is 13.4. The Bertz CT molecular complexity index is 768. The van der Waals surface area contributed by atoms with E-state index in [0.717, 1.165) is 46.6 Å². The standard InChI is InChI=1S/C17H18N4/c1-3-8-19-17-16(18-9-10-20-17)14-6-7-15-13(11-14)5-4-12(2)21-15/h4-7,9-11H,3,8H2,1-2H3,(H,19,20). The van der Waals surface area contributed by atoms with Crippen LogP contribution in [0, 0.1) is 6.92 Å². The molecule has 0 aliphatic rings. The van der Waals surface area contributed by atoms with Crippen molar-refractivity contribution >= 4 is 16.7 Å². The van der Waals surface area contributed by atoms with Gasteiger partial charge in [0.05, 0.1) is 5.52 Å². The Morgan fingerprint density at radius 2 is 1.90 bits per heavy atom. The maximum atomic E-state index is 4.53. The number of hydrogen-bond acceptors (Lipinski definition) is 4. The van der Waals surface area contributed by atoms with Crippen molar-refractivity contribution in [3.8, 4) is 11.3 Å². The Balaban J connectivity index is 2.06. The summed E-state index contributed by atoms with van der Waals surface area (Å²) >= 11 is 0. The van der Waals surface area contributed by atoms with Gasteiger partial charge >= 0.3 is 0 Å². The van der Waals surface area contributed by atoms with Crippen molar-refractivity contribution in [1.29, 1.82) is 0 Å². The van der Waals surface area contributed by atoms with Crippen molar-refractivity contribution in [2.75, 3.05) is 11.9 Å². The molecule has 0 fully saturated rings. The lowest BCUT2D eigenvalue weighted by Crippen LogP contribution is -2.04. The van der Waals surface area contributed by atoms with Crippen LogP contribution in [0.2, 0.25) is 0 Å². The average Bonchev–Trinajstić information content (AvgIpc) is 2.52. The minimum absolute atomic E-state index is 0.832. The summed E-state index contributed by atoms with van der Waals surface area (Å²) in [7, 11) is 0. The molecule has 3 rings (SSSR count). The van der Waals surface area contributed by atoms with Gasteiger partial charge in [0, 0.05) is 35.6 Å². The summed E-state index contributed by atoms with van der Waals surface area (Å²) in [6.07, 6.45) is 4.49. The van der Waals surface area contributed by atoms with Crippen LogP contribution >= 0.6 is 0 Å². The van der Waals surface area contributed by atoms with Gasteiger partial charge in [0.1, 0.15) is 5.69 Å². The van der Waals surface area contributed by atoms with Gasteiger partial charge in [-0.05, 0) is 31.5 Å². The quantitative estimate of drug-likeness (QED) is 0.788. The summed E-state index contributed by atoms with van der Waals surface area (Å²) in [5, 5.41) is 4.45. The molecule has 4 heteroatoms. The van der Waals surface area contributed by atoms with Gasteiger partial charge in [0.25, 0.3) is 0 Å². The highest BCUT2D eigenvalue weighted by Crippen LogP contribution is 2.26. The smallest absolute Gasteiger partial charge is 0.152 e. The minimum Gasteiger partial charge on any atom is -0.368 e. The second-order valence-corrected chi connectivity index (χ2v) is 5.04. The zero-order chi connectivity index (χ0) is 14.7. The van der Waals surface area contributed by atoms with Gasteiger partial charge in [-0.3, -0.25) is 9.97 Å². The van der Waals surface area contributed by atoms with Crippen LogP contribution in [0.5, 0.6) is 0 Å². The maximum Gasteiger partial charge on any atom is 0.152 e. The summed E-state index contributed by atoms with van der Waals surface area (Å²) in [6.45, 7) is 5.02. The number of aromatic nitrogens is 3. The molecule has 106 valence electrons.